The highest BCUT2D eigenvalue weighted by atomic mass is 16.5. The summed E-state index contributed by atoms with van der Waals surface area (Å²) in [6.45, 7) is 0.849. The number of hydrogen-bond donors (Lipinski definition) is 1. The molecular weight excluding hydrogens is 268 g/mol. The molecule has 0 spiro atoms. The van der Waals surface area contributed by atoms with E-state index in [0.29, 0.717) is 13.0 Å². The van der Waals surface area contributed by atoms with Crippen LogP contribution in [0.4, 0.5) is 0 Å². The Morgan fingerprint density at radius 1 is 1.43 bits per heavy atom. The highest BCUT2D eigenvalue weighted by Crippen LogP contribution is 2.23. The number of rotatable bonds is 4. The van der Waals surface area contributed by atoms with Gasteiger partial charge in [-0.3, -0.25) is 14.5 Å². The molecule has 110 valence electrons. The molecule has 5 heteroatoms. The summed E-state index contributed by atoms with van der Waals surface area (Å²) in [5.74, 6) is 1.84. The van der Waals surface area contributed by atoms with Gasteiger partial charge in [-0.05, 0) is 17.5 Å². The molecule has 0 aliphatic carbocycles. The average molecular weight is 286 g/mol. The maximum atomic E-state index is 12.0. The van der Waals surface area contributed by atoms with Crippen LogP contribution in [0.2, 0.25) is 0 Å². The van der Waals surface area contributed by atoms with Crippen molar-refractivity contribution in [1.82, 2.24) is 10.2 Å². The van der Waals surface area contributed by atoms with Crippen LogP contribution in [-0.4, -0.2) is 43.0 Å². The Labute approximate surface area is 124 Å². The van der Waals surface area contributed by atoms with E-state index >= 15 is 0 Å². The number of hydrogen-bond acceptors (Lipinski definition) is 4. The van der Waals surface area contributed by atoms with E-state index in [-0.39, 0.29) is 25.0 Å². The molecule has 1 aromatic carbocycles. The van der Waals surface area contributed by atoms with Gasteiger partial charge in [0, 0.05) is 6.54 Å². The summed E-state index contributed by atoms with van der Waals surface area (Å²) in [5.41, 5.74) is 2.25. The van der Waals surface area contributed by atoms with Crippen LogP contribution in [0.5, 0.6) is 0 Å². The number of esters is 1. The van der Waals surface area contributed by atoms with E-state index in [9.17, 15) is 9.59 Å². The first kappa shape index (κ1) is 15.1. The third kappa shape index (κ3) is 3.61. The van der Waals surface area contributed by atoms with Crippen molar-refractivity contribution in [2.24, 2.45) is 0 Å². The van der Waals surface area contributed by atoms with Crippen LogP contribution < -0.4 is 5.32 Å². The van der Waals surface area contributed by atoms with E-state index < -0.39 is 6.04 Å². The predicted octanol–water partition coefficient (Wildman–Crippen LogP) is 0.336. The van der Waals surface area contributed by atoms with E-state index in [2.05, 4.69) is 11.2 Å². The molecule has 0 radical (unpaired) electrons. The third-order valence-electron chi connectivity index (χ3n) is 3.55. The minimum Gasteiger partial charge on any atom is -0.468 e. The zero-order valence-electron chi connectivity index (χ0n) is 12.0. The van der Waals surface area contributed by atoms with Crippen molar-refractivity contribution in [1.29, 1.82) is 0 Å². The second kappa shape index (κ2) is 6.91. The zero-order valence-corrected chi connectivity index (χ0v) is 12.0. The van der Waals surface area contributed by atoms with Gasteiger partial charge in [0.1, 0.15) is 6.04 Å². The van der Waals surface area contributed by atoms with E-state index in [4.69, 9.17) is 11.2 Å². The van der Waals surface area contributed by atoms with Gasteiger partial charge < -0.3 is 10.1 Å². The SMILES string of the molecule is C#CCNC(=O)CN1Cc2ccccc2C[C@@H]1C(=O)OC. The molecule has 1 aromatic rings. The summed E-state index contributed by atoms with van der Waals surface area (Å²) >= 11 is 0. The lowest BCUT2D eigenvalue weighted by molar-refractivity contribution is -0.148. The second-order valence-electron chi connectivity index (χ2n) is 4.90. The van der Waals surface area contributed by atoms with Gasteiger partial charge in [0.15, 0.2) is 0 Å². The van der Waals surface area contributed by atoms with Gasteiger partial charge in [-0.1, -0.05) is 30.2 Å². The van der Waals surface area contributed by atoms with Crippen molar-refractivity contribution in [2.45, 2.75) is 19.0 Å². The minimum atomic E-state index is -0.443. The van der Waals surface area contributed by atoms with Crippen molar-refractivity contribution >= 4 is 11.9 Å². The monoisotopic (exact) mass is 286 g/mol. The largest absolute Gasteiger partial charge is 0.468 e. The average Bonchev–Trinajstić information content (AvgIpc) is 2.51. The Bertz CT molecular complexity index is 577. The van der Waals surface area contributed by atoms with Crippen LogP contribution in [0.25, 0.3) is 0 Å². The van der Waals surface area contributed by atoms with Gasteiger partial charge >= 0.3 is 5.97 Å². The number of nitrogens with one attached hydrogen (secondary N) is 1. The number of terminal acetylenes is 1. The molecule has 1 aliphatic rings. The maximum Gasteiger partial charge on any atom is 0.323 e. The van der Waals surface area contributed by atoms with Crippen LogP contribution in [0.15, 0.2) is 24.3 Å². The Morgan fingerprint density at radius 3 is 2.81 bits per heavy atom. The number of benzene rings is 1. The molecule has 0 aromatic heterocycles. The standard InChI is InChI=1S/C16H18N2O3/c1-3-8-17-15(19)11-18-10-13-7-5-4-6-12(13)9-14(18)16(20)21-2/h1,4-7,14H,8-11H2,2H3,(H,17,19)/t14-/m1/s1. The van der Waals surface area contributed by atoms with Crippen LogP contribution in [0, 0.1) is 12.3 Å². The molecule has 0 unspecified atom stereocenters. The summed E-state index contributed by atoms with van der Waals surface area (Å²) in [4.78, 5) is 25.6. The molecule has 1 heterocycles. The number of amides is 1. The van der Waals surface area contributed by atoms with Crippen molar-refractivity contribution in [3.8, 4) is 12.3 Å². The molecule has 1 aliphatic heterocycles. The van der Waals surface area contributed by atoms with Gasteiger partial charge in [0.25, 0.3) is 0 Å². The fraction of sp³-hybridized carbons (Fsp3) is 0.375. The van der Waals surface area contributed by atoms with Gasteiger partial charge in [-0.2, -0.15) is 0 Å². The van der Waals surface area contributed by atoms with Crippen molar-refractivity contribution in [3.05, 3.63) is 35.4 Å². The van der Waals surface area contributed by atoms with E-state index in [1.54, 1.807) is 0 Å². The van der Waals surface area contributed by atoms with E-state index in [1.165, 1.54) is 7.11 Å². The quantitative estimate of drug-likeness (QED) is 0.640. The number of carbonyl (C=O) groups excluding carboxylic acids is 2. The fourth-order valence-electron chi connectivity index (χ4n) is 2.50. The lowest BCUT2D eigenvalue weighted by atomic mass is 9.94. The Morgan fingerprint density at radius 2 is 2.14 bits per heavy atom. The molecular formula is C16H18N2O3. The molecule has 0 saturated heterocycles. The fourth-order valence-corrected chi connectivity index (χ4v) is 2.50. The molecule has 1 N–H and O–H groups in total. The van der Waals surface area contributed by atoms with Crippen LogP contribution in [0.1, 0.15) is 11.1 Å². The number of carbonyl (C=O) groups is 2. The minimum absolute atomic E-state index is 0.121. The first-order valence-electron chi connectivity index (χ1n) is 6.74. The van der Waals surface area contributed by atoms with Crippen LogP contribution in [0.3, 0.4) is 0 Å². The van der Waals surface area contributed by atoms with Gasteiger partial charge in [-0.25, -0.2) is 0 Å². The number of ether oxygens (including phenoxy) is 1. The van der Waals surface area contributed by atoms with E-state index in [1.807, 2.05) is 29.2 Å². The summed E-state index contributed by atoms with van der Waals surface area (Å²) in [7, 11) is 1.36. The van der Waals surface area contributed by atoms with Crippen LogP contribution >= 0.6 is 0 Å². The molecule has 21 heavy (non-hydrogen) atoms. The summed E-state index contributed by atoms with van der Waals surface area (Å²) in [5, 5.41) is 2.61. The van der Waals surface area contributed by atoms with Gasteiger partial charge in [0.05, 0.1) is 20.2 Å². The zero-order chi connectivity index (χ0) is 15.2. The smallest absolute Gasteiger partial charge is 0.323 e. The predicted molar refractivity (Wildman–Crippen MR) is 78.2 cm³/mol. The van der Waals surface area contributed by atoms with Gasteiger partial charge in [0.2, 0.25) is 5.91 Å². The Balaban J connectivity index is 2.15. The number of methoxy groups -OCH3 is 1. The topological polar surface area (TPSA) is 58.6 Å². The van der Waals surface area contributed by atoms with Crippen LogP contribution in [-0.2, 0) is 27.3 Å². The molecule has 2 rings (SSSR count). The maximum absolute atomic E-state index is 12.0. The van der Waals surface area contributed by atoms with Gasteiger partial charge in [-0.15, -0.1) is 6.42 Å². The lowest BCUT2D eigenvalue weighted by Crippen LogP contribution is -2.50. The first-order chi connectivity index (χ1) is 10.2. The summed E-state index contributed by atoms with van der Waals surface area (Å²) in [6, 6.07) is 7.47. The lowest BCUT2D eigenvalue weighted by Gasteiger charge is -2.34. The normalized spacial score (nSPS) is 17.4. The van der Waals surface area contributed by atoms with Crippen molar-refractivity contribution in [3.63, 3.8) is 0 Å². The number of fused-ring (bicyclic) bond motifs is 1. The molecule has 0 saturated carbocycles. The Hall–Kier alpha value is -2.32. The highest BCUT2D eigenvalue weighted by molar-refractivity contribution is 5.81. The van der Waals surface area contributed by atoms with Crippen molar-refractivity contribution < 1.29 is 14.3 Å². The first-order valence-corrected chi connectivity index (χ1v) is 6.74. The third-order valence-corrected chi connectivity index (χ3v) is 3.55. The Kier molecular flexibility index (Phi) is 4.96. The molecule has 5 nitrogen and oxygen atoms in total. The molecule has 0 fully saturated rings. The van der Waals surface area contributed by atoms with E-state index in [0.717, 1.165) is 11.1 Å². The highest BCUT2D eigenvalue weighted by Gasteiger charge is 2.33. The van der Waals surface area contributed by atoms with Crippen molar-refractivity contribution in [2.75, 3.05) is 20.2 Å². The molecule has 1 atom stereocenters. The second-order valence-corrected chi connectivity index (χ2v) is 4.90. The summed E-state index contributed by atoms with van der Waals surface area (Å²) < 4.78 is 4.85. The molecule has 0 bridgehead atoms. The number of nitrogens with zero attached hydrogens (tertiary/aromatic N) is 1. The summed E-state index contributed by atoms with van der Waals surface area (Å²) in [6.07, 6.45) is 5.66. The molecule has 1 amide bonds.